The summed E-state index contributed by atoms with van der Waals surface area (Å²) in [6.07, 6.45) is -2.61. The first-order chi connectivity index (χ1) is 7.10. The van der Waals surface area contributed by atoms with Gasteiger partial charge in [-0.05, 0) is 12.8 Å². The summed E-state index contributed by atoms with van der Waals surface area (Å²) in [5.74, 6) is 0. The molecule has 90 valence electrons. The smallest absolute Gasteiger partial charge is 0.186 e. The molecule has 15 heavy (non-hydrogen) atoms. The van der Waals surface area contributed by atoms with Crippen LogP contribution in [0.2, 0.25) is 0 Å². The van der Waals surface area contributed by atoms with Crippen LogP contribution in [0.15, 0.2) is 0 Å². The van der Waals surface area contributed by atoms with Crippen LogP contribution in [-0.2, 0) is 9.47 Å². The van der Waals surface area contributed by atoms with Crippen molar-refractivity contribution in [1.29, 1.82) is 0 Å². The van der Waals surface area contributed by atoms with Crippen LogP contribution in [0.25, 0.3) is 0 Å². The van der Waals surface area contributed by atoms with Gasteiger partial charge < -0.3 is 24.8 Å². The van der Waals surface area contributed by atoms with E-state index in [9.17, 15) is 15.3 Å². The minimum Gasteiger partial charge on any atom is -0.388 e. The maximum atomic E-state index is 9.59. The van der Waals surface area contributed by atoms with Crippen LogP contribution in [0.1, 0.15) is 26.7 Å². The van der Waals surface area contributed by atoms with E-state index in [2.05, 4.69) is 0 Å². The van der Waals surface area contributed by atoms with E-state index < -0.39 is 24.6 Å². The molecule has 0 aromatic carbocycles. The molecule has 3 N–H and O–H groups in total. The Morgan fingerprint density at radius 1 is 1.20 bits per heavy atom. The first kappa shape index (κ1) is 12.9. The van der Waals surface area contributed by atoms with Crippen LogP contribution in [0, 0.1) is 0 Å². The van der Waals surface area contributed by atoms with Gasteiger partial charge in [-0.25, -0.2) is 0 Å². The Balaban J connectivity index is 2.48. The third kappa shape index (κ3) is 3.12. The Morgan fingerprint density at radius 2 is 1.80 bits per heavy atom. The van der Waals surface area contributed by atoms with E-state index in [0.717, 1.165) is 12.8 Å². The molecular weight excluding hydrogens is 200 g/mol. The number of rotatable bonds is 4. The molecule has 0 aromatic heterocycles. The van der Waals surface area contributed by atoms with Gasteiger partial charge in [-0.15, -0.1) is 0 Å². The molecule has 1 aliphatic rings. The fourth-order valence-corrected chi connectivity index (χ4v) is 1.57. The lowest BCUT2D eigenvalue weighted by molar-refractivity contribution is -0.282. The minimum atomic E-state index is -1.20. The van der Waals surface area contributed by atoms with Gasteiger partial charge in [0.05, 0.1) is 12.7 Å². The summed E-state index contributed by atoms with van der Waals surface area (Å²) in [5.41, 5.74) is 0. The van der Waals surface area contributed by atoms with Crippen molar-refractivity contribution in [2.24, 2.45) is 0 Å². The second kappa shape index (κ2) is 5.77. The zero-order valence-electron chi connectivity index (χ0n) is 9.17. The van der Waals surface area contributed by atoms with Gasteiger partial charge in [0.1, 0.15) is 18.3 Å². The third-order valence-corrected chi connectivity index (χ3v) is 2.69. The highest BCUT2D eigenvalue weighted by Crippen LogP contribution is 2.19. The predicted molar refractivity (Wildman–Crippen MR) is 53.2 cm³/mol. The molecule has 5 heteroatoms. The van der Waals surface area contributed by atoms with E-state index in [4.69, 9.17) is 9.47 Å². The van der Waals surface area contributed by atoms with Gasteiger partial charge in [0.25, 0.3) is 0 Å². The largest absolute Gasteiger partial charge is 0.388 e. The average molecular weight is 220 g/mol. The van der Waals surface area contributed by atoms with Crippen molar-refractivity contribution in [3.05, 3.63) is 0 Å². The van der Waals surface area contributed by atoms with Crippen molar-refractivity contribution in [3.63, 3.8) is 0 Å². The molecule has 1 aliphatic heterocycles. The van der Waals surface area contributed by atoms with Crippen molar-refractivity contribution in [2.45, 2.75) is 57.4 Å². The second-order valence-electron chi connectivity index (χ2n) is 3.82. The molecule has 1 rings (SSSR count). The fourth-order valence-electron chi connectivity index (χ4n) is 1.57. The van der Waals surface area contributed by atoms with E-state index >= 15 is 0 Å². The van der Waals surface area contributed by atoms with E-state index in [1.165, 1.54) is 0 Å². The molecule has 1 heterocycles. The Labute approximate surface area is 89.6 Å². The topological polar surface area (TPSA) is 79.2 Å². The van der Waals surface area contributed by atoms with Gasteiger partial charge in [0, 0.05) is 0 Å². The van der Waals surface area contributed by atoms with Crippen molar-refractivity contribution in [1.82, 2.24) is 0 Å². The maximum Gasteiger partial charge on any atom is 0.186 e. The van der Waals surface area contributed by atoms with E-state index in [0.29, 0.717) is 0 Å². The molecular formula is C10H20O5. The summed E-state index contributed by atoms with van der Waals surface area (Å²) >= 11 is 0. The standard InChI is InChI=1S/C10H20O5/c1-3-6(4-2)15-10-9(13)8(12)7(11)5-14-10/h6-13H,3-5H2,1-2H3/t7-,8+,9-,10-/m1/s1. The zero-order chi connectivity index (χ0) is 11.4. The third-order valence-electron chi connectivity index (χ3n) is 2.69. The predicted octanol–water partition coefficient (Wildman–Crippen LogP) is -0.369. The number of hydrogen-bond donors (Lipinski definition) is 3. The molecule has 0 bridgehead atoms. The van der Waals surface area contributed by atoms with Gasteiger partial charge in [0.2, 0.25) is 0 Å². The number of hydrogen-bond acceptors (Lipinski definition) is 5. The molecule has 1 saturated heterocycles. The average Bonchev–Trinajstić information content (AvgIpc) is 2.25. The van der Waals surface area contributed by atoms with Gasteiger partial charge in [0.15, 0.2) is 6.29 Å². The SMILES string of the molecule is CCC(CC)O[C@H]1OC[C@@H](O)[C@H](O)[C@H]1O. The summed E-state index contributed by atoms with van der Waals surface area (Å²) in [7, 11) is 0. The van der Waals surface area contributed by atoms with Gasteiger partial charge in [-0.1, -0.05) is 13.8 Å². The number of aliphatic hydroxyl groups is 3. The molecule has 0 aromatic rings. The molecule has 0 aliphatic carbocycles. The van der Waals surface area contributed by atoms with Crippen LogP contribution in [0.5, 0.6) is 0 Å². The van der Waals surface area contributed by atoms with E-state index in [1.54, 1.807) is 0 Å². The molecule has 1 fully saturated rings. The summed E-state index contributed by atoms with van der Waals surface area (Å²) in [6.45, 7) is 3.95. The van der Waals surface area contributed by atoms with Crippen molar-refractivity contribution in [2.75, 3.05) is 6.61 Å². The van der Waals surface area contributed by atoms with Crippen LogP contribution in [-0.4, -0.2) is 52.6 Å². The van der Waals surface area contributed by atoms with Crippen LogP contribution < -0.4 is 0 Å². The summed E-state index contributed by atoms with van der Waals surface area (Å²) in [6, 6.07) is 0. The Hall–Kier alpha value is -0.200. The summed E-state index contributed by atoms with van der Waals surface area (Å²) < 4.78 is 10.6. The van der Waals surface area contributed by atoms with Crippen LogP contribution in [0.4, 0.5) is 0 Å². The van der Waals surface area contributed by atoms with E-state index in [-0.39, 0.29) is 12.7 Å². The van der Waals surface area contributed by atoms with Crippen molar-refractivity contribution >= 4 is 0 Å². The fraction of sp³-hybridized carbons (Fsp3) is 1.00. The van der Waals surface area contributed by atoms with Gasteiger partial charge >= 0.3 is 0 Å². The summed E-state index contributed by atoms with van der Waals surface area (Å²) in [4.78, 5) is 0. The monoisotopic (exact) mass is 220 g/mol. The lowest BCUT2D eigenvalue weighted by Crippen LogP contribution is -2.54. The first-order valence-corrected chi connectivity index (χ1v) is 5.41. The second-order valence-corrected chi connectivity index (χ2v) is 3.82. The quantitative estimate of drug-likeness (QED) is 0.602. The Morgan fingerprint density at radius 3 is 2.33 bits per heavy atom. The highest BCUT2D eigenvalue weighted by atomic mass is 16.7. The number of aliphatic hydroxyl groups excluding tert-OH is 3. The zero-order valence-corrected chi connectivity index (χ0v) is 9.17. The lowest BCUT2D eigenvalue weighted by Gasteiger charge is -2.36. The Bertz CT molecular complexity index is 183. The van der Waals surface area contributed by atoms with Crippen LogP contribution >= 0.6 is 0 Å². The highest BCUT2D eigenvalue weighted by molar-refractivity contribution is 4.82. The van der Waals surface area contributed by atoms with Crippen molar-refractivity contribution < 1.29 is 24.8 Å². The maximum absolute atomic E-state index is 9.59. The highest BCUT2D eigenvalue weighted by Gasteiger charge is 2.38. The van der Waals surface area contributed by atoms with Gasteiger partial charge in [-0.2, -0.15) is 0 Å². The molecule has 0 spiro atoms. The van der Waals surface area contributed by atoms with Gasteiger partial charge in [-0.3, -0.25) is 0 Å². The Kier molecular flexibility index (Phi) is 4.95. The lowest BCUT2D eigenvalue weighted by atomic mass is 10.1. The molecule has 0 saturated carbocycles. The molecule has 0 unspecified atom stereocenters. The van der Waals surface area contributed by atoms with Crippen LogP contribution in [0.3, 0.4) is 0 Å². The number of ether oxygens (including phenoxy) is 2. The molecule has 0 radical (unpaired) electrons. The molecule has 4 atom stereocenters. The normalized spacial score (nSPS) is 37.2. The first-order valence-electron chi connectivity index (χ1n) is 5.41. The van der Waals surface area contributed by atoms with Crippen molar-refractivity contribution in [3.8, 4) is 0 Å². The molecule has 0 amide bonds. The minimum absolute atomic E-state index is 0.00657. The molecule has 5 nitrogen and oxygen atoms in total. The summed E-state index contributed by atoms with van der Waals surface area (Å²) in [5, 5.41) is 28.2. The van der Waals surface area contributed by atoms with E-state index in [1.807, 2.05) is 13.8 Å².